The minimum absolute atomic E-state index is 0.0654. The maximum absolute atomic E-state index is 12.7. The second-order valence-electron chi connectivity index (χ2n) is 6.42. The maximum Gasteiger partial charge on any atom is 0.338 e. The lowest BCUT2D eigenvalue weighted by atomic mass is 10.2. The summed E-state index contributed by atoms with van der Waals surface area (Å²) in [5.41, 5.74) is 5.89. The van der Waals surface area contributed by atoms with E-state index in [1.165, 1.54) is 23.3 Å². The van der Waals surface area contributed by atoms with Gasteiger partial charge in [-0.05, 0) is 29.8 Å². The van der Waals surface area contributed by atoms with Gasteiger partial charge >= 0.3 is 5.97 Å². The summed E-state index contributed by atoms with van der Waals surface area (Å²) in [5.74, 6) is -0.711. The maximum atomic E-state index is 12.7. The largest absolute Gasteiger partial charge is 0.467 e. The van der Waals surface area contributed by atoms with Crippen LogP contribution in [0, 0.1) is 10.1 Å². The highest BCUT2D eigenvalue weighted by atomic mass is 16.6. The van der Waals surface area contributed by atoms with Crippen molar-refractivity contribution in [3.8, 4) is 0 Å². The highest BCUT2D eigenvalue weighted by Crippen LogP contribution is 2.22. The second kappa shape index (κ2) is 9.37. The van der Waals surface area contributed by atoms with E-state index < -0.39 is 29.1 Å². The van der Waals surface area contributed by atoms with Crippen molar-refractivity contribution in [3.05, 3.63) is 93.9 Å². The molecule has 30 heavy (non-hydrogen) atoms. The molecule has 0 saturated carbocycles. The molecule has 2 N–H and O–H groups in total. The molecular weight excluding hydrogens is 390 g/mol. The van der Waals surface area contributed by atoms with E-state index in [-0.39, 0.29) is 17.8 Å². The topological polar surface area (TPSA) is 129 Å². The standard InChI is InChI=1S/C21H19N3O6/c22-18-9-8-16(11-19(18)24(27)28)21(26)30-14-20(25)23(13-17-7-4-10-29-17)12-15-5-2-1-3-6-15/h1-11H,12-14,22H2. The molecule has 0 bridgehead atoms. The lowest BCUT2D eigenvalue weighted by molar-refractivity contribution is -0.383. The number of carbonyl (C=O) groups is 2. The molecule has 0 unspecified atom stereocenters. The Morgan fingerprint density at radius 3 is 2.50 bits per heavy atom. The Hall–Kier alpha value is -4.14. The zero-order valence-corrected chi connectivity index (χ0v) is 15.9. The van der Waals surface area contributed by atoms with Crippen LogP contribution in [0.15, 0.2) is 71.3 Å². The summed E-state index contributed by atoms with van der Waals surface area (Å²) in [6.45, 7) is -0.0264. The minimum Gasteiger partial charge on any atom is -0.467 e. The number of nitro benzene ring substituents is 1. The third-order valence-corrected chi connectivity index (χ3v) is 4.29. The van der Waals surface area contributed by atoms with Crippen LogP contribution in [-0.2, 0) is 22.6 Å². The fourth-order valence-electron chi connectivity index (χ4n) is 2.76. The number of ether oxygens (including phenoxy) is 1. The molecule has 1 amide bonds. The van der Waals surface area contributed by atoms with Crippen molar-refractivity contribution in [1.29, 1.82) is 0 Å². The number of esters is 1. The van der Waals surface area contributed by atoms with Crippen LogP contribution in [0.1, 0.15) is 21.7 Å². The van der Waals surface area contributed by atoms with Crippen molar-refractivity contribution in [2.75, 3.05) is 12.3 Å². The Bertz CT molecular complexity index is 1030. The van der Waals surface area contributed by atoms with E-state index in [1.807, 2.05) is 30.3 Å². The highest BCUT2D eigenvalue weighted by Gasteiger charge is 2.20. The third kappa shape index (κ3) is 5.22. The van der Waals surface area contributed by atoms with E-state index in [0.29, 0.717) is 12.3 Å². The van der Waals surface area contributed by atoms with E-state index in [0.717, 1.165) is 11.6 Å². The number of rotatable bonds is 8. The van der Waals surface area contributed by atoms with E-state index in [9.17, 15) is 19.7 Å². The van der Waals surface area contributed by atoms with Gasteiger partial charge in [0, 0.05) is 12.6 Å². The molecule has 0 aliphatic carbocycles. The number of benzene rings is 2. The van der Waals surface area contributed by atoms with Crippen molar-refractivity contribution < 1.29 is 23.7 Å². The Kier molecular flexibility index (Phi) is 6.43. The molecule has 1 aromatic heterocycles. The summed E-state index contributed by atoms with van der Waals surface area (Å²) in [7, 11) is 0. The Balaban J connectivity index is 1.68. The van der Waals surface area contributed by atoms with Crippen LogP contribution < -0.4 is 5.73 Å². The summed E-state index contributed by atoms with van der Waals surface area (Å²) in [6.07, 6.45) is 1.51. The van der Waals surface area contributed by atoms with Gasteiger partial charge in [0.2, 0.25) is 0 Å². The summed E-state index contributed by atoms with van der Waals surface area (Å²) in [4.78, 5) is 36.8. The number of nitrogens with two attached hydrogens (primary N) is 1. The van der Waals surface area contributed by atoms with E-state index in [4.69, 9.17) is 14.9 Å². The number of nitrogen functional groups attached to an aromatic ring is 1. The van der Waals surface area contributed by atoms with Crippen LogP contribution in [-0.4, -0.2) is 28.3 Å². The number of nitro groups is 1. The monoisotopic (exact) mass is 409 g/mol. The van der Waals surface area contributed by atoms with Crippen molar-refractivity contribution >= 4 is 23.3 Å². The Morgan fingerprint density at radius 2 is 1.83 bits per heavy atom. The quantitative estimate of drug-likeness (QED) is 0.262. The smallest absolute Gasteiger partial charge is 0.338 e. The molecule has 9 nitrogen and oxygen atoms in total. The van der Waals surface area contributed by atoms with Gasteiger partial charge in [-0.15, -0.1) is 0 Å². The SMILES string of the molecule is Nc1ccc(C(=O)OCC(=O)N(Cc2ccccc2)Cc2ccco2)cc1[N+](=O)[O-]. The molecule has 0 fully saturated rings. The molecule has 3 rings (SSSR count). The molecule has 3 aromatic rings. The van der Waals surface area contributed by atoms with Crippen LogP contribution in [0.5, 0.6) is 0 Å². The number of hydrogen-bond donors (Lipinski definition) is 1. The zero-order chi connectivity index (χ0) is 21.5. The second-order valence-corrected chi connectivity index (χ2v) is 6.42. The fraction of sp³-hybridized carbons (Fsp3) is 0.143. The van der Waals surface area contributed by atoms with Gasteiger partial charge in [-0.25, -0.2) is 4.79 Å². The molecule has 1 heterocycles. The van der Waals surface area contributed by atoms with Gasteiger partial charge in [0.25, 0.3) is 11.6 Å². The van der Waals surface area contributed by atoms with Crippen molar-refractivity contribution in [2.45, 2.75) is 13.1 Å². The first kappa shape index (κ1) is 20.6. The number of nitrogens with zero attached hydrogens (tertiary/aromatic N) is 2. The number of carbonyl (C=O) groups excluding carboxylic acids is 2. The number of anilines is 1. The van der Waals surface area contributed by atoms with Gasteiger partial charge in [-0.1, -0.05) is 30.3 Å². The molecule has 9 heteroatoms. The summed E-state index contributed by atoms with van der Waals surface area (Å²) in [6, 6.07) is 16.4. The Morgan fingerprint density at radius 1 is 1.07 bits per heavy atom. The average Bonchev–Trinajstić information content (AvgIpc) is 3.25. The van der Waals surface area contributed by atoms with E-state index in [2.05, 4.69) is 0 Å². The van der Waals surface area contributed by atoms with Crippen LogP contribution in [0.3, 0.4) is 0 Å². The summed E-state index contributed by atoms with van der Waals surface area (Å²) < 4.78 is 10.4. The van der Waals surface area contributed by atoms with Crippen LogP contribution in [0.2, 0.25) is 0 Å². The molecule has 0 saturated heterocycles. The van der Waals surface area contributed by atoms with Gasteiger partial charge in [0.05, 0.1) is 23.3 Å². The number of hydrogen-bond acceptors (Lipinski definition) is 7. The van der Waals surface area contributed by atoms with Crippen molar-refractivity contribution in [2.24, 2.45) is 0 Å². The lowest BCUT2D eigenvalue weighted by Gasteiger charge is -2.21. The molecular formula is C21H19N3O6. The van der Waals surface area contributed by atoms with E-state index >= 15 is 0 Å². The van der Waals surface area contributed by atoms with Gasteiger partial charge < -0.3 is 19.8 Å². The van der Waals surface area contributed by atoms with Gasteiger partial charge in [-0.2, -0.15) is 0 Å². The van der Waals surface area contributed by atoms with Gasteiger partial charge in [-0.3, -0.25) is 14.9 Å². The molecule has 0 radical (unpaired) electrons. The van der Waals surface area contributed by atoms with Crippen molar-refractivity contribution in [3.63, 3.8) is 0 Å². The predicted molar refractivity (Wildman–Crippen MR) is 107 cm³/mol. The molecule has 2 aromatic carbocycles. The van der Waals surface area contributed by atoms with Crippen molar-refractivity contribution in [1.82, 2.24) is 4.90 Å². The third-order valence-electron chi connectivity index (χ3n) is 4.29. The predicted octanol–water partition coefficient (Wildman–Crippen LogP) is 3.16. The molecule has 0 spiro atoms. The molecule has 0 aliphatic heterocycles. The van der Waals surface area contributed by atoms with Crippen LogP contribution in [0.4, 0.5) is 11.4 Å². The fourth-order valence-corrected chi connectivity index (χ4v) is 2.76. The molecule has 154 valence electrons. The van der Waals surface area contributed by atoms with Crippen LogP contribution >= 0.6 is 0 Å². The molecule has 0 aliphatic rings. The first-order valence-electron chi connectivity index (χ1n) is 8.99. The summed E-state index contributed by atoms with van der Waals surface area (Å²) in [5, 5.41) is 11.0. The highest BCUT2D eigenvalue weighted by molar-refractivity contribution is 5.92. The van der Waals surface area contributed by atoms with Gasteiger partial charge in [0.15, 0.2) is 6.61 Å². The first-order chi connectivity index (χ1) is 14.4. The molecule has 0 atom stereocenters. The normalized spacial score (nSPS) is 10.4. The van der Waals surface area contributed by atoms with Crippen LogP contribution in [0.25, 0.3) is 0 Å². The van der Waals surface area contributed by atoms with E-state index in [1.54, 1.807) is 12.1 Å². The number of amides is 1. The first-order valence-corrected chi connectivity index (χ1v) is 8.99. The number of furan rings is 1. The lowest BCUT2D eigenvalue weighted by Crippen LogP contribution is -2.33. The average molecular weight is 409 g/mol. The summed E-state index contributed by atoms with van der Waals surface area (Å²) >= 11 is 0. The Labute approximate surface area is 171 Å². The van der Waals surface area contributed by atoms with Gasteiger partial charge in [0.1, 0.15) is 11.4 Å². The zero-order valence-electron chi connectivity index (χ0n) is 15.9. The minimum atomic E-state index is -0.857.